The molecule has 1 saturated carbocycles. The highest BCUT2D eigenvalue weighted by Crippen LogP contribution is 2.36. The van der Waals surface area contributed by atoms with Gasteiger partial charge >= 0.3 is 0 Å². The fraction of sp³-hybridized carbons (Fsp3) is 0.238. The first-order valence-corrected chi connectivity index (χ1v) is 9.65. The molecule has 0 spiro atoms. The van der Waals surface area contributed by atoms with E-state index in [9.17, 15) is 4.79 Å². The molecule has 4 heterocycles. The normalized spacial score (nSPS) is 18.2. The minimum Gasteiger partial charge on any atom is -0.451 e. The van der Waals surface area contributed by atoms with Crippen molar-refractivity contribution in [3.05, 3.63) is 60.9 Å². The maximum atomic E-state index is 12.8. The largest absolute Gasteiger partial charge is 0.451 e. The third-order valence-electron chi connectivity index (χ3n) is 5.28. The lowest BCUT2D eigenvalue weighted by Crippen LogP contribution is -2.32. The van der Waals surface area contributed by atoms with E-state index in [2.05, 4.69) is 20.5 Å². The van der Waals surface area contributed by atoms with E-state index < -0.39 is 0 Å². The van der Waals surface area contributed by atoms with Gasteiger partial charge in [0.2, 0.25) is 0 Å². The van der Waals surface area contributed by atoms with Crippen LogP contribution in [0.15, 0.2) is 59.5 Å². The van der Waals surface area contributed by atoms with Gasteiger partial charge in [0.25, 0.3) is 5.91 Å². The SMILES string of the molecule is COC1CC(n2cc(NC(=O)c3ccc(-c4cn[nH]c4)o3)c(-c3ccccn3)n2)C1. The molecule has 4 aromatic heterocycles. The van der Waals surface area contributed by atoms with E-state index in [1.807, 2.05) is 29.1 Å². The Morgan fingerprint density at radius 2 is 2.20 bits per heavy atom. The van der Waals surface area contributed by atoms with E-state index in [1.165, 1.54) is 0 Å². The lowest BCUT2D eigenvalue weighted by molar-refractivity contribution is 0.00256. The van der Waals surface area contributed by atoms with Crippen LogP contribution < -0.4 is 5.32 Å². The summed E-state index contributed by atoms with van der Waals surface area (Å²) < 4.78 is 12.9. The zero-order valence-corrected chi connectivity index (χ0v) is 16.3. The number of anilines is 1. The van der Waals surface area contributed by atoms with Crippen LogP contribution in [0.25, 0.3) is 22.7 Å². The van der Waals surface area contributed by atoms with E-state index >= 15 is 0 Å². The summed E-state index contributed by atoms with van der Waals surface area (Å²) in [7, 11) is 1.72. The molecule has 30 heavy (non-hydrogen) atoms. The Kier molecular flexibility index (Phi) is 4.64. The predicted octanol–water partition coefficient (Wildman–Crippen LogP) is 3.53. The van der Waals surface area contributed by atoms with Crippen molar-refractivity contribution in [2.75, 3.05) is 12.4 Å². The highest BCUT2D eigenvalue weighted by Gasteiger charge is 2.32. The van der Waals surface area contributed by atoms with Crippen molar-refractivity contribution in [2.24, 2.45) is 0 Å². The smallest absolute Gasteiger partial charge is 0.291 e. The highest BCUT2D eigenvalue weighted by molar-refractivity contribution is 6.04. The van der Waals surface area contributed by atoms with Crippen molar-refractivity contribution in [1.29, 1.82) is 0 Å². The summed E-state index contributed by atoms with van der Waals surface area (Å²) in [5.41, 5.74) is 2.66. The van der Waals surface area contributed by atoms with Gasteiger partial charge in [-0.15, -0.1) is 0 Å². The van der Waals surface area contributed by atoms with Crippen molar-refractivity contribution >= 4 is 11.6 Å². The molecule has 0 unspecified atom stereocenters. The minimum atomic E-state index is -0.357. The standard InChI is InChI=1S/C21H20N6O3/c1-29-15-8-14(9-15)27-12-17(20(26-27)16-4-2-3-7-22-16)25-21(28)19-6-5-18(30-19)13-10-23-24-11-13/h2-7,10-12,14-15H,8-9H2,1H3,(H,23,24)(H,25,28). The molecular formula is C21H20N6O3. The van der Waals surface area contributed by atoms with Crippen LogP contribution in [0.1, 0.15) is 29.4 Å². The van der Waals surface area contributed by atoms with Gasteiger partial charge in [0.1, 0.15) is 11.5 Å². The molecule has 0 aliphatic heterocycles. The number of nitrogens with zero attached hydrogens (tertiary/aromatic N) is 4. The molecule has 1 amide bonds. The first kappa shape index (κ1) is 18.3. The maximum absolute atomic E-state index is 12.8. The molecule has 9 nitrogen and oxygen atoms in total. The number of H-pyrrole nitrogens is 1. The molecule has 0 saturated heterocycles. The van der Waals surface area contributed by atoms with Crippen molar-refractivity contribution in [3.63, 3.8) is 0 Å². The number of aromatic nitrogens is 5. The van der Waals surface area contributed by atoms with Gasteiger partial charge < -0.3 is 14.5 Å². The zero-order chi connectivity index (χ0) is 20.5. The summed E-state index contributed by atoms with van der Waals surface area (Å²) in [4.78, 5) is 17.2. The van der Waals surface area contributed by atoms with Gasteiger partial charge in [0, 0.05) is 25.7 Å². The summed E-state index contributed by atoms with van der Waals surface area (Å²) in [6, 6.07) is 9.21. The molecular weight excluding hydrogens is 384 g/mol. The number of carbonyl (C=O) groups is 1. The van der Waals surface area contributed by atoms with Gasteiger partial charge in [-0.1, -0.05) is 6.07 Å². The van der Waals surface area contributed by atoms with Crippen LogP contribution in [0.2, 0.25) is 0 Å². The average molecular weight is 404 g/mol. The van der Waals surface area contributed by atoms with E-state index in [4.69, 9.17) is 14.3 Å². The van der Waals surface area contributed by atoms with Crippen LogP contribution in [-0.2, 0) is 4.74 Å². The van der Waals surface area contributed by atoms with Crippen molar-refractivity contribution in [2.45, 2.75) is 25.0 Å². The number of carbonyl (C=O) groups excluding carboxylic acids is 1. The molecule has 1 fully saturated rings. The lowest BCUT2D eigenvalue weighted by Gasteiger charge is -2.34. The number of hydrogen-bond donors (Lipinski definition) is 2. The molecule has 152 valence electrons. The number of methoxy groups -OCH3 is 1. The Bertz CT molecular complexity index is 1140. The summed E-state index contributed by atoms with van der Waals surface area (Å²) in [5.74, 6) is 0.411. The fourth-order valence-corrected chi connectivity index (χ4v) is 3.49. The second kappa shape index (κ2) is 7.60. The van der Waals surface area contributed by atoms with E-state index in [0.717, 1.165) is 18.4 Å². The molecule has 0 bridgehead atoms. The Balaban J connectivity index is 1.41. The lowest BCUT2D eigenvalue weighted by atomic mass is 9.89. The first-order valence-electron chi connectivity index (χ1n) is 9.65. The fourth-order valence-electron chi connectivity index (χ4n) is 3.49. The van der Waals surface area contributed by atoms with Gasteiger partial charge in [0.05, 0.1) is 35.3 Å². The molecule has 9 heteroatoms. The van der Waals surface area contributed by atoms with Gasteiger partial charge in [-0.2, -0.15) is 10.2 Å². The molecule has 4 aromatic rings. The summed E-state index contributed by atoms with van der Waals surface area (Å²) >= 11 is 0. The minimum absolute atomic E-state index is 0.203. The van der Waals surface area contributed by atoms with E-state index in [0.29, 0.717) is 22.8 Å². The second-order valence-electron chi connectivity index (χ2n) is 7.17. The number of rotatable bonds is 6. The first-order chi connectivity index (χ1) is 14.7. The average Bonchev–Trinajstić information content (AvgIpc) is 3.48. The molecule has 1 aliphatic carbocycles. The molecule has 1 aliphatic rings. The Hall–Kier alpha value is -3.72. The Morgan fingerprint density at radius 3 is 2.93 bits per heavy atom. The maximum Gasteiger partial charge on any atom is 0.291 e. The summed E-state index contributed by atoms with van der Waals surface area (Å²) in [6.07, 6.45) is 8.91. The van der Waals surface area contributed by atoms with Crippen molar-refractivity contribution in [1.82, 2.24) is 25.0 Å². The monoisotopic (exact) mass is 404 g/mol. The number of aromatic amines is 1. The zero-order valence-electron chi connectivity index (χ0n) is 16.3. The third kappa shape index (κ3) is 3.39. The quantitative estimate of drug-likeness (QED) is 0.509. The summed E-state index contributed by atoms with van der Waals surface area (Å²) in [5, 5.41) is 14.3. The van der Waals surface area contributed by atoms with Crippen LogP contribution in [-0.4, -0.2) is 44.1 Å². The van der Waals surface area contributed by atoms with Crippen LogP contribution >= 0.6 is 0 Å². The van der Waals surface area contributed by atoms with Crippen LogP contribution in [0.3, 0.4) is 0 Å². The number of nitrogens with one attached hydrogen (secondary N) is 2. The van der Waals surface area contributed by atoms with Crippen LogP contribution in [0.5, 0.6) is 0 Å². The second-order valence-corrected chi connectivity index (χ2v) is 7.17. The van der Waals surface area contributed by atoms with Crippen molar-refractivity contribution in [3.8, 4) is 22.7 Å². The van der Waals surface area contributed by atoms with Gasteiger partial charge in [0.15, 0.2) is 5.76 Å². The molecule has 0 aromatic carbocycles. The Morgan fingerprint density at radius 1 is 1.30 bits per heavy atom. The molecule has 0 atom stereocenters. The van der Waals surface area contributed by atoms with E-state index in [-0.39, 0.29) is 23.8 Å². The van der Waals surface area contributed by atoms with Gasteiger partial charge in [-0.05, 0) is 37.1 Å². The Labute approximate surface area is 172 Å². The number of pyridine rings is 1. The van der Waals surface area contributed by atoms with E-state index in [1.54, 1.807) is 37.8 Å². The van der Waals surface area contributed by atoms with Gasteiger partial charge in [-0.25, -0.2) is 0 Å². The number of amides is 1. The number of hydrogen-bond acceptors (Lipinski definition) is 6. The topological polar surface area (TPSA) is 111 Å². The highest BCUT2D eigenvalue weighted by atomic mass is 16.5. The molecule has 0 radical (unpaired) electrons. The van der Waals surface area contributed by atoms with Gasteiger partial charge in [-0.3, -0.25) is 19.6 Å². The van der Waals surface area contributed by atoms with Crippen LogP contribution in [0.4, 0.5) is 5.69 Å². The number of ether oxygens (including phenoxy) is 1. The predicted molar refractivity (Wildman–Crippen MR) is 109 cm³/mol. The molecule has 2 N–H and O–H groups in total. The van der Waals surface area contributed by atoms with Crippen molar-refractivity contribution < 1.29 is 13.9 Å². The third-order valence-corrected chi connectivity index (χ3v) is 5.28. The molecule has 5 rings (SSSR count). The number of furan rings is 1. The summed E-state index contributed by atoms with van der Waals surface area (Å²) in [6.45, 7) is 0. The van der Waals surface area contributed by atoms with Crippen LogP contribution in [0, 0.1) is 0 Å².